The molecule has 0 unspecified atom stereocenters. The molecular weight excluding hydrogens is 370 g/mol. The molecule has 0 bridgehead atoms. The third-order valence-electron chi connectivity index (χ3n) is 5.23. The van der Waals surface area contributed by atoms with Gasteiger partial charge in [0.25, 0.3) is 5.91 Å². The molecule has 29 heavy (non-hydrogen) atoms. The number of ether oxygens (including phenoxy) is 2. The van der Waals surface area contributed by atoms with Gasteiger partial charge in [0.05, 0.1) is 6.04 Å². The molecule has 0 radical (unpaired) electrons. The normalized spacial score (nSPS) is 19.6. The van der Waals surface area contributed by atoms with Gasteiger partial charge in [-0.25, -0.2) is 4.79 Å². The highest BCUT2D eigenvalue weighted by atomic mass is 16.6. The van der Waals surface area contributed by atoms with Gasteiger partial charge in [0, 0.05) is 7.11 Å². The second-order valence-electron chi connectivity index (χ2n) is 7.68. The van der Waals surface area contributed by atoms with E-state index in [1.54, 1.807) is 7.11 Å². The Labute approximate surface area is 170 Å². The molecule has 1 heterocycles. The molecule has 0 aromatic heterocycles. The van der Waals surface area contributed by atoms with E-state index in [-0.39, 0.29) is 5.92 Å². The zero-order chi connectivity index (χ0) is 21.0. The van der Waals surface area contributed by atoms with Gasteiger partial charge in [-0.05, 0) is 23.5 Å². The highest BCUT2D eigenvalue weighted by Crippen LogP contribution is 2.39. The van der Waals surface area contributed by atoms with Crippen LogP contribution in [-0.4, -0.2) is 42.3 Å². The fourth-order valence-corrected chi connectivity index (χ4v) is 3.87. The predicted molar refractivity (Wildman–Crippen MR) is 108 cm³/mol. The van der Waals surface area contributed by atoms with Crippen LogP contribution < -0.4 is 5.32 Å². The molecule has 0 spiro atoms. The summed E-state index contributed by atoms with van der Waals surface area (Å²) in [6.45, 7) is 4.15. The molecule has 2 aromatic rings. The SMILES string of the molecule is COC(c1ccccc1)(c1ccccc1)[C@H](CC(C)C)NC(=O)[C@H]1O[C@@H]1C(=O)O. The topological polar surface area (TPSA) is 88.2 Å². The van der Waals surface area contributed by atoms with E-state index in [9.17, 15) is 9.59 Å². The van der Waals surface area contributed by atoms with E-state index in [0.29, 0.717) is 6.42 Å². The molecule has 1 fully saturated rings. The van der Waals surface area contributed by atoms with Gasteiger partial charge >= 0.3 is 5.97 Å². The maximum atomic E-state index is 12.8. The summed E-state index contributed by atoms with van der Waals surface area (Å²) in [7, 11) is 1.63. The molecular formula is C23H27NO5. The number of hydrogen-bond donors (Lipinski definition) is 2. The van der Waals surface area contributed by atoms with Crippen molar-refractivity contribution in [2.45, 2.75) is 44.1 Å². The summed E-state index contributed by atoms with van der Waals surface area (Å²) < 4.78 is 11.2. The first-order valence-corrected chi connectivity index (χ1v) is 9.75. The molecule has 1 saturated heterocycles. The van der Waals surface area contributed by atoms with Crippen molar-refractivity contribution in [3.8, 4) is 0 Å². The molecule has 1 aliphatic rings. The Morgan fingerprint density at radius 3 is 1.93 bits per heavy atom. The number of benzene rings is 2. The lowest BCUT2D eigenvalue weighted by atomic mass is 9.76. The van der Waals surface area contributed by atoms with Crippen molar-refractivity contribution in [2.75, 3.05) is 7.11 Å². The lowest BCUT2D eigenvalue weighted by Gasteiger charge is -2.42. The molecule has 1 amide bonds. The van der Waals surface area contributed by atoms with Gasteiger partial charge in [-0.3, -0.25) is 4.79 Å². The van der Waals surface area contributed by atoms with Gasteiger partial charge in [0.2, 0.25) is 0 Å². The first kappa shape index (κ1) is 21.0. The van der Waals surface area contributed by atoms with Crippen LogP contribution in [-0.2, 0) is 24.7 Å². The molecule has 1 aliphatic heterocycles. The third kappa shape index (κ3) is 4.33. The molecule has 0 saturated carbocycles. The van der Waals surface area contributed by atoms with E-state index in [2.05, 4.69) is 19.2 Å². The smallest absolute Gasteiger partial charge is 0.336 e. The van der Waals surface area contributed by atoms with E-state index < -0.39 is 35.7 Å². The summed E-state index contributed by atoms with van der Waals surface area (Å²) >= 11 is 0. The van der Waals surface area contributed by atoms with Gasteiger partial charge in [0.15, 0.2) is 12.2 Å². The monoisotopic (exact) mass is 397 g/mol. The van der Waals surface area contributed by atoms with Crippen LogP contribution in [0.4, 0.5) is 0 Å². The van der Waals surface area contributed by atoms with Crippen LogP contribution in [0.1, 0.15) is 31.4 Å². The lowest BCUT2D eigenvalue weighted by molar-refractivity contribution is -0.138. The largest absolute Gasteiger partial charge is 0.479 e. The van der Waals surface area contributed by atoms with Gasteiger partial charge in [0.1, 0.15) is 5.60 Å². The standard InChI is InChI=1S/C23H27NO5/c1-15(2)14-18(24-21(25)19-20(29-19)22(26)27)23(28-3,16-10-6-4-7-11-16)17-12-8-5-9-13-17/h4-13,15,18-20H,14H2,1-3H3,(H,24,25)(H,26,27)/t18-,19-,20-/m0/s1. The Morgan fingerprint density at radius 2 is 1.55 bits per heavy atom. The minimum absolute atomic E-state index is 0.262. The van der Waals surface area contributed by atoms with E-state index >= 15 is 0 Å². The van der Waals surface area contributed by atoms with Crippen molar-refractivity contribution in [1.82, 2.24) is 5.32 Å². The fraction of sp³-hybridized carbons (Fsp3) is 0.391. The molecule has 3 rings (SSSR count). The van der Waals surface area contributed by atoms with E-state index in [1.807, 2.05) is 60.7 Å². The summed E-state index contributed by atoms with van der Waals surface area (Å²) in [5.74, 6) is -1.30. The molecule has 2 aromatic carbocycles. The molecule has 0 aliphatic carbocycles. The maximum absolute atomic E-state index is 12.8. The number of carboxylic acid groups (broad SMARTS) is 1. The second kappa shape index (κ2) is 8.76. The number of methoxy groups -OCH3 is 1. The first-order chi connectivity index (χ1) is 13.9. The fourth-order valence-electron chi connectivity index (χ4n) is 3.87. The molecule has 6 heteroatoms. The minimum atomic E-state index is -1.13. The van der Waals surface area contributed by atoms with Crippen LogP contribution in [0.2, 0.25) is 0 Å². The van der Waals surface area contributed by atoms with Crippen molar-refractivity contribution in [1.29, 1.82) is 0 Å². The van der Waals surface area contributed by atoms with Crippen LogP contribution in [0.3, 0.4) is 0 Å². The van der Waals surface area contributed by atoms with Crippen LogP contribution in [0, 0.1) is 5.92 Å². The Morgan fingerprint density at radius 1 is 1.03 bits per heavy atom. The molecule has 2 N–H and O–H groups in total. The lowest BCUT2D eigenvalue weighted by Crippen LogP contribution is -2.54. The average molecular weight is 397 g/mol. The number of amides is 1. The van der Waals surface area contributed by atoms with E-state index in [0.717, 1.165) is 11.1 Å². The Kier molecular flexibility index (Phi) is 6.35. The number of carboxylic acids is 1. The van der Waals surface area contributed by atoms with Crippen LogP contribution in [0.15, 0.2) is 60.7 Å². The maximum Gasteiger partial charge on any atom is 0.336 e. The number of nitrogens with one attached hydrogen (secondary N) is 1. The van der Waals surface area contributed by atoms with Crippen LogP contribution >= 0.6 is 0 Å². The second-order valence-corrected chi connectivity index (χ2v) is 7.68. The average Bonchev–Trinajstić information content (AvgIpc) is 3.51. The predicted octanol–water partition coefficient (Wildman–Crippen LogP) is 2.96. The first-order valence-electron chi connectivity index (χ1n) is 9.75. The highest BCUT2D eigenvalue weighted by molar-refractivity contribution is 5.92. The summed E-state index contributed by atoms with van der Waals surface area (Å²) in [6, 6.07) is 19.1. The van der Waals surface area contributed by atoms with Crippen molar-refractivity contribution in [3.63, 3.8) is 0 Å². The van der Waals surface area contributed by atoms with Gasteiger partial charge < -0.3 is 19.9 Å². The van der Waals surface area contributed by atoms with Crippen molar-refractivity contribution < 1.29 is 24.2 Å². The zero-order valence-electron chi connectivity index (χ0n) is 16.9. The number of carbonyl (C=O) groups is 2. The quantitative estimate of drug-likeness (QED) is 0.635. The number of rotatable bonds is 9. The summed E-state index contributed by atoms with van der Waals surface area (Å²) in [5.41, 5.74) is 0.882. The van der Waals surface area contributed by atoms with Crippen LogP contribution in [0.25, 0.3) is 0 Å². The minimum Gasteiger partial charge on any atom is -0.479 e. The molecule has 154 valence electrons. The summed E-state index contributed by atoms with van der Waals surface area (Å²) in [5, 5.41) is 12.1. The van der Waals surface area contributed by atoms with Crippen molar-refractivity contribution >= 4 is 11.9 Å². The Bertz CT molecular complexity index is 797. The van der Waals surface area contributed by atoms with Crippen molar-refractivity contribution in [3.05, 3.63) is 71.8 Å². The zero-order valence-corrected chi connectivity index (χ0v) is 16.9. The number of hydrogen-bond acceptors (Lipinski definition) is 4. The number of epoxide rings is 1. The number of carbonyl (C=O) groups excluding carboxylic acids is 1. The van der Waals surface area contributed by atoms with Gasteiger partial charge in [-0.1, -0.05) is 74.5 Å². The molecule has 3 atom stereocenters. The highest BCUT2D eigenvalue weighted by Gasteiger charge is 2.53. The molecule has 6 nitrogen and oxygen atoms in total. The summed E-state index contributed by atoms with van der Waals surface area (Å²) in [6.07, 6.45) is -1.42. The summed E-state index contributed by atoms with van der Waals surface area (Å²) in [4.78, 5) is 23.9. The number of aliphatic carboxylic acids is 1. The van der Waals surface area contributed by atoms with Crippen molar-refractivity contribution in [2.24, 2.45) is 5.92 Å². The third-order valence-corrected chi connectivity index (χ3v) is 5.23. The van der Waals surface area contributed by atoms with Gasteiger partial charge in [-0.15, -0.1) is 0 Å². The Hall–Kier alpha value is -2.70. The van der Waals surface area contributed by atoms with Crippen LogP contribution in [0.5, 0.6) is 0 Å². The Balaban J connectivity index is 2.04. The van der Waals surface area contributed by atoms with E-state index in [4.69, 9.17) is 14.6 Å². The van der Waals surface area contributed by atoms with E-state index in [1.165, 1.54) is 0 Å². The van der Waals surface area contributed by atoms with Gasteiger partial charge in [-0.2, -0.15) is 0 Å².